The van der Waals surface area contributed by atoms with Gasteiger partial charge in [0.15, 0.2) is 0 Å². The van der Waals surface area contributed by atoms with E-state index in [1.165, 1.54) is 0 Å². The van der Waals surface area contributed by atoms with Crippen molar-refractivity contribution in [1.29, 1.82) is 0 Å². The Bertz CT molecular complexity index is 340. The summed E-state index contributed by atoms with van der Waals surface area (Å²) in [5.41, 5.74) is 5.57. The van der Waals surface area contributed by atoms with Crippen LogP contribution in [0.4, 0.5) is 0 Å². The summed E-state index contributed by atoms with van der Waals surface area (Å²) in [5.74, 6) is 0.324. The number of carbonyl (C=O) groups excluding carboxylic acids is 2. The summed E-state index contributed by atoms with van der Waals surface area (Å²) in [7, 11) is 0. The summed E-state index contributed by atoms with van der Waals surface area (Å²) < 4.78 is 0. The van der Waals surface area contributed by atoms with E-state index in [9.17, 15) is 9.59 Å². The van der Waals surface area contributed by atoms with Crippen molar-refractivity contribution >= 4 is 11.8 Å². The highest BCUT2D eigenvalue weighted by atomic mass is 16.2. The monoisotopic (exact) mass is 283 g/mol. The van der Waals surface area contributed by atoms with Crippen molar-refractivity contribution in [3.63, 3.8) is 0 Å². The fourth-order valence-electron chi connectivity index (χ4n) is 2.34. The molecule has 5 heteroatoms. The van der Waals surface area contributed by atoms with Gasteiger partial charge in [-0.25, -0.2) is 0 Å². The minimum absolute atomic E-state index is 0.0490. The Balaban J connectivity index is 2.29. The molecular weight excluding hydrogens is 254 g/mol. The van der Waals surface area contributed by atoms with E-state index in [1.807, 2.05) is 32.6 Å². The minimum atomic E-state index is -0.301. The molecule has 0 aromatic rings. The number of piperidine rings is 1. The number of carbonyl (C=O) groups is 2. The van der Waals surface area contributed by atoms with Crippen molar-refractivity contribution in [2.45, 2.75) is 65.0 Å². The molecule has 1 aliphatic heterocycles. The van der Waals surface area contributed by atoms with Crippen LogP contribution in [0.25, 0.3) is 0 Å². The van der Waals surface area contributed by atoms with Crippen LogP contribution in [0.1, 0.15) is 53.4 Å². The molecule has 1 aliphatic rings. The largest absolute Gasteiger partial charge is 0.353 e. The van der Waals surface area contributed by atoms with E-state index in [0.29, 0.717) is 12.8 Å². The maximum absolute atomic E-state index is 11.9. The van der Waals surface area contributed by atoms with Gasteiger partial charge in [0.1, 0.15) is 0 Å². The number of amides is 2. The first-order chi connectivity index (χ1) is 9.19. The zero-order valence-electron chi connectivity index (χ0n) is 13.2. The van der Waals surface area contributed by atoms with Gasteiger partial charge in [0.2, 0.25) is 11.8 Å². The van der Waals surface area contributed by atoms with E-state index in [2.05, 4.69) is 5.32 Å². The lowest BCUT2D eigenvalue weighted by Crippen LogP contribution is -2.47. The average molecular weight is 283 g/mol. The molecule has 1 rings (SSSR count). The van der Waals surface area contributed by atoms with Gasteiger partial charge in [0.05, 0.1) is 0 Å². The fraction of sp³-hybridized carbons (Fsp3) is 0.867. The zero-order valence-corrected chi connectivity index (χ0v) is 13.2. The maximum Gasteiger partial charge on any atom is 0.225 e. The van der Waals surface area contributed by atoms with Crippen LogP contribution in [0, 0.1) is 5.92 Å². The van der Waals surface area contributed by atoms with Gasteiger partial charge in [-0.2, -0.15) is 0 Å². The lowest BCUT2D eigenvalue weighted by molar-refractivity contribution is -0.135. The molecule has 0 atom stereocenters. The highest BCUT2D eigenvalue weighted by Crippen LogP contribution is 2.14. The second-order valence-electron chi connectivity index (χ2n) is 6.81. The molecule has 1 fully saturated rings. The molecule has 1 heterocycles. The molecule has 20 heavy (non-hydrogen) atoms. The third-order valence-corrected chi connectivity index (χ3v) is 3.66. The summed E-state index contributed by atoms with van der Waals surface area (Å²) >= 11 is 0. The van der Waals surface area contributed by atoms with Crippen LogP contribution < -0.4 is 11.1 Å². The van der Waals surface area contributed by atoms with E-state index in [-0.39, 0.29) is 29.3 Å². The van der Waals surface area contributed by atoms with Crippen LogP contribution in [-0.4, -0.2) is 41.4 Å². The SMILES string of the molecule is CC(C)C(=O)N1CCC(NC(=O)CCC(C)(C)N)CC1. The third kappa shape index (κ3) is 5.90. The number of likely N-dealkylation sites (tertiary alicyclic amines) is 1. The van der Waals surface area contributed by atoms with Crippen LogP contribution in [0.3, 0.4) is 0 Å². The van der Waals surface area contributed by atoms with E-state index < -0.39 is 0 Å². The molecule has 5 nitrogen and oxygen atoms in total. The van der Waals surface area contributed by atoms with Crippen LogP contribution in [0.5, 0.6) is 0 Å². The Kier molecular flexibility index (Phi) is 5.99. The smallest absolute Gasteiger partial charge is 0.225 e. The quantitative estimate of drug-likeness (QED) is 0.798. The van der Waals surface area contributed by atoms with Gasteiger partial charge in [-0.1, -0.05) is 13.8 Å². The number of rotatable bonds is 5. The summed E-state index contributed by atoms with van der Waals surface area (Å²) in [5, 5.41) is 3.05. The molecule has 0 radical (unpaired) electrons. The molecule has 2 amide bonds. The van der Waals surface area contributed by atoms with Crippen LogP contribution in [0.2, 0.25) is 0 Å². The number of hydrogen-bond acceptors (Lipinski definition) is 3. The van der Waals surface area contributed by atoms with Gasteiger partial charge in [-0.3, -0.25) is 9.59 Å². The number of nitrogens with two attached hydrogens (primary N) is 1. The van der Waals surface area contributed by atoms with E-state index in [4.69, 9.17) is 5.73 Å². The predicted molar refractivity (Wildman–Crippen MR) is 80.1 cm³/mol. The lowest BCUT2D eigenvalue weighted by Gasteiger charge is -2.33. The summed E-state index contributed by atoms with van der Waals surface area (Å²) in [6.07, 6.45) is 2.84. The van der Waals surface area contributed by atoms with Gasteiger partial charge in [-0.05, 0) is 33.1 Å². The number of nitrogens with zero attached hydrogens (tertiary/aromatic N) is 1. The van der Waals surface area contributed by atoms with Crippen LogP contribution in [0.15, 0.2) is 0 Å². The minimum Gasteiger partial charge on any atom is -0.353 e. The second-order valence-corrected chi connectivity index (χ2v) is 6.81. The van der Waals surface area contributed by atoms with Crippen molar-refractivity contribution in [2.24, 2.45) is 11.7 Å². The molecule has 116 valence electrons. The van der Waals surface area contributed by atoms with Gasteiger partial charge >= 0.3 is 0 Å². The van der Waals surface area contributed by atoms with E-state index in [1.54, 1.807) is 0 Å². The van der Waals surface area contributed by atoms with Crippen molar-refractivity contribution in [2.75, 3.05) is 13.1 Å². The molecule has 1 saturated heterocycles. The lowest BCUT2D eigenvalue weighted by atomic mass is 9.99. The Labute approximate surface area is 122 Å². The zero-order chi connectivity index (χ0) is 15.3. The van der Waals surface area contributed by atoms with Gasteiger partial charge in [0.25, 0.3) is 0 Å². The number of hydrogen-bond donors (Lipinski definition) is 2. The van der Waals surface area contributed by atoms with Crippen LogP contribution >= 0.6 is 0 Å². The highest BCUT2D eigenvalue weighted by Gasteiger charge is 2.25. The molecule has 0 unspecified atom stereocenters. The van der Waals surface area contributed by atoms with Gasteiger partial charge in [0, 0.05) is 37.0 Å². The summed E-state index contributed by atoms with van der Waals surface area (Å²) in [4.78, 5) is 25.6. The first-order valence-corrected chi connectivity index (χ1v) is 7.56. The van der Waals surface area contributed by atoms with Crippen molar-refractivity contribution < 1.29 is 9.59 Å². The number of nitrogens with one attached hydrogen (secondary N) is 1. The van der Waals surface area contributed by atoms with Gasteiger partial charge in [-0.15, -0.1) is 0 Å². The topological polar surface area (TPSA) is 75.4 Å². The Morgan fingerprint density at radius 1 is 1.30 bits per heavy atom. The summed E-state index contributed by atoms with van der Waals surface area (Å²) in [6, 6.07) is 0.194. The third-order valence-electron chi connectivity index (χ3n) is 3.66. The van der Waals surface area contributed by atoms with Gasteiger partial charge < -0.3 is 16.0 Å². The first-order valence-electron chi connectivity index (χ1n) is 7.56. The molecule has 0 saturated carbocycles. The predicted octanol–water partition coefficient (Wildman–Crippen LogP) is 1.27. The Hall–Kier alpha value is -1.10. The molecule has 0 bridgehead atoms. The normalized spacial score (nSPS) is 17.4. The standard InChI is InChI=1S/C15H29N3O2/c1-11(2)14(20)18-9-6-12(7-10-18)17-13(19)5-8-15(3,4)16/h11-12H,5-10,16H2,1-4H3,(H,17,19). The first kappa shape index (κ1) is 17.0. The second kappa shape index (κ2) is 7.07. The fourth-order valence-corrected chi connectivity index (χ4v) is 2.34. The molecule has 0 aromatic heterocycles. The Morgan fingerprint density at radius 3 is 2.30 bits per heavy atom. The molecule has 0 aromatic carbocycles. The van der Waals surface area contributed by atoms with Crippen molar-refractivity contribution in [3.8, 4) is 0 Å². The molecule has 0 spiro atoms. The molecule has 3 N–H and O–H groups in total. The maximum atomic E-state index is 11.9. The van der Waals surface area contributed by atoms with E-state index in [0.717, 1.165) is 25.9 Å². The highest BCUT2D eigenvalue weighted by molar-refractivity contribution is 5.78. The van der Waals surface area contributed by atoms with E-state index >= 15 is 0 Å². The van der Waals surface area contributed by atoms with Crippen molar-refractivity contribution in [1.82, 2.24) is 10.2 Å². The average Bonchev–Trinajstić information content (AvgIpc) is 2.35. The van der Waals surface area contributed by atoms with Crippen LogP contribution in [-0.2, 0) is 9.59 Å². The van der Waals surface area contributed by atoms with Crippen molar-refractivity contribution in [3.05, 3.63) is 0 Å². The summed E-state index contributed by atoms with van der Waals surface area (Å²) in [6.45, 7) is 9.18. The molecule has 0 aliphatic carbocycles. The Morgan fingerprint density at radius 2 is 1.85 bits per heavy atom. The molecular formula is C15H29N3O2.